The molecule has 102 valence electrons. The molecule has 0 aromatic heterocycles. The number of hydrogen-bond donors (Lipinski definition) is 0. The maximum absolute atomic E-state index is 12.8. The minimum atomic E-state index is -5.25. The van der Waals surface area contributed by atoms with Gasteiger partial charge in [0.25, 0.3) is 10.0 Å². The molecule has 1 unspecified atom stereocenters. The van der Waals surface area contributed by atoms with Crippen molar-refractivity contribution in [2.75, 3.05) is 5.75 Å². The Morgan fingerprint density at radius 3 is 2.00 bits per heavy atom. The van der Waals surface area contributed by atoms with Crippen LogP contribution >= 0.6 is 0 Å². The molecule has 0 saturated carbocycles. The largest absolute Gasteiger partial charge is 0.484 e. The maximum atomic E-state index is 12.8. The van der Waals surface area contributed by atoms with Crippen molar-refractivity contribution in [3.8, 4) is 0 Å². The fraction of sp³-hybridized carbons (Fsp3) is 0.333. The summed E-state index contributed by atoms with van der Waals surface area (Å²) in [6.07, 6.45) is 0. The highest BCUT2D eigenvalue weighted by Gasteiger charge is 2.46. The normalized spacial score (nSPS) is 16.0. The highest BCUT2D eigenvalue weighted by Crippen LogP contribution is 2.33. The van der Waals surface area contributed by atoms with Crippen molar-refractivity contribution >= 4 is 19.8 Å². The van der Waals surface area contributed by atoms with Crippen molar-refractivity contribution in [3.05, 3.63) is 30.3 Å². The molecule has 1 rings (SSSR count). The Morgan fingerprint density at radius 1 is 1.11 bits per heavy atom. The van der Waals surface area contributed by atoms with Crippen LogP contribution in [-0.4, -0.2) is 23.9 Å². The quantitative estimate of drug-likeness (QED) is 0.861. The number of nitrogens with zero attached hydrogens (tertiary/aromatic N) is 1. The fourth-order valence-electron chi connectivity index (χ4n) is 1.04. The second-order valence-corrected chi connectivity index (χ2v) is 7.55. The van der Waals surface area contributed by atoms with Crippen molar-refractivity contribution in [2.45, 2.75) is 17.3 Å². The molecule has 0 bridgehead atoms. The van der Waals surface area contributed by atoms with Crippen molar-refractivity contribution < 1.29 is 25.8 Å². The average Bonchev–Trinajstić information content (AvgIpc) is 2.28. The van der Waals surface area contributed by atoms with Crippen LogP contribution in [0.3, 0.4) is 0 Å². The SMILES string of the molecule is CCS(=O)(=O)N=S(=O)(c1ccccc1)C(F)(F)F. The predicted octanol–water partition coefficient (Wildman–Crippen LogP) is 2.38. The van der Waals surface area contributed by atoms with E-state index in [1.807, 2.05) is 0 Å². The summed E-state index contributed by atoms with van der Waals surface area (Å²) in [5.41, 5.74) is -5.25. The molecule has 9 heteroatoms. The first-order chi connectivity index (χ1) is 8.12. The molecule has 0 amide bonds. The van der Waals surface area contributed by atoms with E-state index in [9.17, 15) is 25.8 Å². The Labute approximate surface area is 103 Å². The van der Waals surface area contributed by atoms with Crippen LogP contribution in [0.4, 0.5) is 13.2 Å². The smallest absolute Gasteiger partial charge is 0.235 e. The molecule has 1 aromatic rings. The van der Waals surface area contributed by atoms with E-state index in [0.717, 1.165) is 19.1 Å². The average molecular weight is 301 g/mol. The van der Waals surface area contributed by atoms with Crippen molar-refractivity contribution in [1.82, 2.24) is 0 Å². The van der Waals surface area contributed by atoms with E-state index in [1.165, 1.54) is 18.2 Å². The first-order valence-electron chi connectivity index (χ1n) is 4.75. The van der Waals surface area contributed by atoms with Gasteiger partial charge in [0.1, 0.15) is 0 Å². The van der Waals surface area contributed by atoms with Crippen LogP contribution in [0.25, 0.3) is 0 Å². The zero-order valence-corrected chi connectivity index (χ0v) is 10.8. The topological polar surface area (TPSA) is 63.6 Å². The molecule has 0 aliphatic rings. The van der Waals surface area contributed by atoms with Crippen LogP contribution in [0.5, 0.6) is 0 Å². The van der Waals surface area contributed by atoms with Gasteiger partial charge in [0.2, 0.25) is 0 Å². The minimum absolute atomic E-state index is 0.646. The van der Waals surface area contributed by atoms with E-state index < -0.39 is 35.9 Å². The Bertz CT molecular complexity index is 629. The lowest BCUT2D eigenvalue weighted by atomic mass is 10.4. The van der Waals surface area contributed by atoms with Crippen molar-refractivity contribution in [3.63, 3.8) is 0 Å². The molecule has 0 radical (unpaired) electrons. The molecule has 4 nitrogen and oxygen atoms in total. The second-order valence-electron chi connectivity index (χ2n) is 3.23. The number of hydrogen-bond acceptors (Lipinski definition) is 3. The monoisotopic (exact) mass is 301 g/mol. The molecule has 0 aliphatic heterocycles. The minimum Gasteiger partial charge on any atom is -0.235 e. The molecular weight excluding hydrogens is 291 g/mol. The van der Waals surface area contributed by atoms with E-state index in [2.05, 4.69) is 3.77 Å². The maximum Gasteiger partial charge on any atom is 0.484 e. The Balaban J connectivity index is 3.65. The van der Waals surface area contributed by atoms with Gasteiger partial charge >= 0.3 is 5.51 Å². The van der Waals surface area contributed by atoms with Crippen LogP contribution in [0, 0.1) is 0 Å². The van der Waals surface area contributed by atoms with Crippen LogP contribution in [0.15, 0.2) is 39.0 Å². The molecule has 18 heavy (non-hydrogen) atoms. The van der Waals surface area contributed by atoms with Crippen LogP contribution in [-0.2, 0) is 19.8 Å². The van der Waals surface area contributed by atoms with E-state index in [0.29, 0.717) is 0 Å². The van der Waals surface area contributed by atoms with Gasteiger partial charge in [-0.25, -0.2) is 12.6 Å². The van der Waals surface area contributed by atoms with Gasteiger partial charge in [-0.2, -0.15) is 13.2 Å². The van der Waals surface area contributed by atoms with Crippen LogP contribution < -0.4 is 0 Å². The molecule has 1 aromatic carbocycles. The first-order valence-corrected chi connectivity index (χ1v) is 7.87. The van der Waals surface area contributed by atoms with Gasteiger partial charge in [-0.15, -0.1) is 0 Å². The Hall–Kier alpha value is -1.09. The fourth-order valence-corrected chi connectivity index (χ4v) is 4.21. The summed E-state index contributed by atoms with van der Waals surface area (Å²) in [5, 5.41) is 0. The summed E-state index contributed by atoms with van der Waals surface area (Å²) in [6, 6.07) is 5.76. The van der Waals surface area contributed by atoms with Gasteiger partial charge in [0.15, 0.2) is 9.73 Å². The second kappa shape index (κ2) is 4.88. The number of sulfonamides is 1. The summed E-state index contributed by atoms with van der Waals surface area (Å²) in [5.74, 6) is -0.646. The molecule has 0 aliphatic carbocycles. The van der Waals surface area contributed by atoms with E-state index >= 15 is 0 Å². The molecule has 0 N–H and O–H groups in total. The zero-order chi connectivity index (χ0) is 14.0. The van der Waals surface area contributed by atoms with Crippen LogP contribution in [0.2, 0.25) is 0 Å². The molecule has 0 fully saturated rings. The number of rotatable bonds is 3. The predicted molar refractivity (Wildman–Crippen MR) is 60.8 cm³/mol. The molecular formula is C9H10F3NO3S2. The lowest BCUT2D eigenvalue weighted by Crippen LogP contribution is -2.24. The molecule has 0 spiro atoms. The van der Waals surface area contributed by atoms with Gasteiger partial charge in [-0.1, -0.05) is 22.0 Å². The first kappa shape index (κ1) is 15.0. The van der Waals surface area contributed by atoms with E-state index in [4.69, 9.17) is 0 Å². The summed E-state index contributed by atoms with van der Waals surface area (Å²) < 4.78 is 75.3. The number of alkyl halides is 3. The third-order valence-corrected chi connectivity index (χ3v) is 5.98. The highest BCUT2D eigenvalue weighted by atomic mass is 32.3. The summed E-state index contributed by atoms with van der Waals surface area (Å²) in [4.78, 5) is -0.672. The van der Waals surface area contributed by atoms with E-state index in [-0.39, 0.29) is 0 Å². The summed E-state index contributed by atoms with van der Waals surface area (Å²) in [7, 11) is -9.40. The highest BCUT2D eigenvalue weighted by molar-refractivity contribution is 8.03. The molecule has 1 atom stereocenters. The van der Waals surface area contributed by atoms with E-state index in [1.54, 1.807) is 0 Å². The number of halogens is 3. The third-order valence-electron chi connectivity index (χ3n) is 1.96. The van der Waals surface area contributed by atoms with Gasteiger partial charge in [-0.3, -0.25) is 0 Å². The van der Waals surface area contributed by atoms with Crippen molar-refractivity contribution in [2.24, 2.45) is 3.77 Å². The lowest BCUT2D eigenvalue weighted by Gasteiger charge is -2.13. The van der Waals surface area contributed by atoms with Gasteiger partial charge in [0, 0.05) is 0 Å². The standard InChI is InChI=1S/C9H10F3NO3S2/c1-2-17(14,15)13-18(16,9(10,11)12)8-6-4-3-5-7-8/h3-7H,2H2,1H3. The van der Waals surface area contributed by atoms with Gasteiger partial charge < -0.3 is 0 Å². The molecule has 0 saturated heterocycles. The van der Waals surface area contributed by atoms with Gasteiger partial charge in [0.05, 0.1) is 10.6 Å². The summed E-state index contributed by atoms with van der Waals surface area (Å²) in [6.45, 7) is 1.13. The number of benzene rings is 1. The third kappa shape index (κ3) is 3.02. The Morgan fingerprint density at radius 2 is 1.61 bits per heavy atom. The van der Waals surface area contributed by atoms with Crippen LogP contribution in [0.1, 0.15) is 6.92 Å². The van der Waals surface area contributed by atoms with Gasteiger partial charge in [-0.05, 0) is 19.1 Å². The molecule has 0 heterocycles. The lowest BCUT2D eigenvalue weighted by molar-refractivity contribution is -0.0401. The van der Waals surface area contributed by atoms with Crippen molar-refractivity contribution in [1.29, 1.82) is 0 Å². The summed E-state index contributed by atoms with van der Waals surface area (Å²) >= 11 is 0. The Kier molecular flexibility index (Phi) is 4.06. The zero-order valence-electron chi connectivity index (χ0n) is 9.22.